The molecule has 1 aromatic carbocycles. The molecule has 2 rings (SSSR count). The van der Waals surface area contributed by atoms with E-state index in [1.54, 1.807) is 7.05 Å². The lowest BCUT2D eigenvalue weighted by Crippen LogP contribution is -2.32. The van der Waals surface area contributed by atoms with Crippen LogP contribution in [0.25, 0.3) is 0 Å². The topological polar surface area (TPSA) is 69.7 Å². The van der Waals surface area contributed by atoms with E-state index < -0.39 is 5.82 Å². The number of hydrogen-bond acceptors (Lipinski definition) is 3. The van der Waals surface area contributed by atoms with Gasteiger partial charge in [0.05, 0.1) is 5.02 Å². The molecule has 0 unspecified atom stereocenters. The number of nitrogens with one attached hydrogen (secondary N) is 1. The third kappa shape index (κ3) is 3.73. The maximum absolute atomic E-state index is 13.0. The minimum Gasteiger partial charge on any atom is -0.326 e. The second-order valence-corrected chi connectivity index (χ2v) is 5.37. The number of rotatable bonds is 5. The molecule has 0 saturated carbocycles. The summed E-state index contributed by atoms with van der Waals surface area (Å²) in [5.74, 6) is -1.12. The number of carbonyl (C=O) groups is 3. The summed E-state index contributed by atoms with van der Waals surface area (Å²) in [6.45, 7) is 0.263. The van der Waals surface area contributed by atoms with Crippen molar-refractivity contribution in [3.8, 4) is 0 Å². The first-order valence-electron chi connectivity index (χ1n) is 6.69. The molecule has 0 bridgehead atoms. The molecule has 0 aromatic heterocycles. The van der Waals surface area contributed by atoms with Crippen LogP contribution in [-0.4, -0.2) is 47.8 Å². The van der Waals surface area contributed by atoms with Crippen molar-refractivity contribution in [2.45, 2.75) is 12.8 Å². The largest absolute Gasteiger partial charge is 0.326 e. The number of urea groups is 1. The fraction of sp³-hybridized carbons (Fsp3) is 0.357. The molecule has 1 aliphatic heterocycles. The Morgan fingerprint density at radius 2 is 2.14 bits per heavy atom. The van der Waals surface area contributed by atoms with Crippen molar-refractivity contribution in [2.24, 2.45) is 0 Å². The highest BCUT2D eigenvalue weighted by atomic mass is 35.5. The Morgan fingerprint density at radius 3 is 2.73 bits per heavy atom. The predicted octanol–water partition coefficient (Wildman–Crippen LogP) is 2.09. The van der Waals surface area contributed by atoms with Gasteiger partial charge in [0.15, 0.2) is 0 Å². The van der Waals surface area contributed by atoms with Gasteiger partial charge in [-0.25, -0.2) is 9.18 Å². The third-order valence-electron chi connectivity index (χ3n) is 3.22. The summed E-state index contributed by atoms with van der Waals surface area (Å²) in [7, 11) is 1.55. The van der Waals surface area contributed by atoms with Crippen LogP contribution in [0.15, 0.2) is 18.2 Å². The smallest absolute Gasteiger partial charge is 0.326 e. The summed E-state index contributed by atoms with van der Waals surface area (Å²) in [5, 5.41) is 2.50. The molecule has 8 heteroatoms. The van der Waals surface area contributed by atoms with Gasteiger partial charge in [-0.1, -0.05) is 11.6 Å². The van der Waals surface area contributed by atoms with Gasteiger partial charge in [0.2, 0.25) is 11.8 Å². The molecular weight excluding hydrogens is 313 g/mol. The maximum Gasteiger partial charge on any atom is 0.326 e. The van der Waals surface area contributed by atoms with E-state index in [0.717, 1.165) is 11.0 Å². The van der Waals surface area contributed by atoms with Crippen molar-refractivity contribution in [1.29, 1.82) is 0 Å². The Kier molecular flexibility index (Phi) is 4.97. The lowest BCUT2D eigenvalue weighted by atomic mass is 10.2. The van der Waals surface area contributed by atoms with Gasteiger partial charge in [0.25, 0.3) is 0 Å². The lowest BCUT2D eigenvalue weighted by molar-refractivity contribution is -0.125. The normalized spacial score (nSPS) is 14.7. The number of halogens is 2. The Balaban J connectivity index is 1.79. The van der Waals surface area contributed by atoms with Crippen molar-refractivity contribution >= 4 is 35.1 Å². The third-order valence-corrected chi connectivity index (χ3v) is 3.51. The minimum absolute atomic E-state index is 0.0686. The van der Waals surface area contributed by atoms with Crippen LogP contribution in [0.3, 0.4) is 0 Å². The fourth-order valence-corrected chi connectivity index (χ4v) is 2.26. The van der Waals surface area contributed by atoms with Gasteiger partial charge in [0, 0.05) is 25.7 Å². The molecule has 1 aromatic rings. The van der Waals surface area contributed by atoms with Crippen molar-refractivity contribution < 1.29 is 18.8 Å². The maximum atomic E-state index is 13.0. The van der Waals surface area contributed by atoms with Crippen LogP contribution in [-0.2, 0) is 9.59 Å². The molecule has 22 heavy (non-hydrogen) atoms. The zero-order chi connectivity index (χ0) is 16.3. The highest BCUT2D eigenvalue weighted by Gasteiger charge is 2.32. The first-order valence-corrected chi connectivity index (χ1v) is 7.06. The molecule has 0 aliphatic carbocycles. The van der Waals surface area contributed by atoms with Crippen LogP contribution in [0.2, 0.25) is 5.02 Å². The zero-order valence-electron chi connectivity index (χ0n) is 11.9. The van der Waals surface area contributed by atoms with Crippen LogP contribution < -0.4 is 5.32 Å². The first-order chi connectivity index (χ1) is 10.4. The number of carbonyl (C=O) groups excluding carboxylic acids is 3. The molecule has 0 radical (unpaired) electrons. The van der Waals surface area contributed by atoms with E-state index in [2.05, 4.69) is 5.32 Å². The molecule has 1 fully saturated rings. The van der Waals surface area contributed by atoms with Gasteiger partial charge in [-0.3, -0.25) is 14.5 Å². The quantitative estimate of drug-likeness (QED) is 0.842. The first kappa shape index (κ1) is 16.2. The standard InChI is InChI=1S/C14H15ClFN3O3/c1-18-8-13(21)19(14(18)22)6-2-3-12(20)17-9-4-5-11(16)10(15)7-9/h4-5,7H,2-3,6,8H2,1H3,(H,17,20). The van der Waals surface area contributed by atoms with E-state index in [9.17, 15) is 18.8 Å². The van der Waals surface area contributed by atoms with E-state index in [0.29, 0.717) is 12.1 Å². The monoisotopic (exact) mass is 327 g/mol. The van der Waals surface area contributed by atoms with Crippen LogP contribution in [0.1, 0.15) is 12.8 Å². The van der Waals surface area contributed by atoms with Crippen molar-refractivity contribution in [3.63, 3.8) is 0 Å². The van der Waals surface area contributed by atoms with Gasteiger partial charge < -0.3 is 10.2 Å². The SMILES string of the molecule is CN1CC(=O)N(CCCC(=O)Nc2ccc(F)c(Cl)c2)C1=O. The van der Waals surface area contributed by atoms with E-state index in [-0.39, 0.29) is 42.4 Å². The highest BCUT2D eigenvalue weighted by molar-refractivity contribution is 6.31. The number of hydrogen-bond donors (Lipinski definition) is 1. The van der Waals surface area contributed by atoms with Crippen molar-refractivity contribution in [1.82, 2.24) is 9.80 Å². The summed E-state index contributed by atoms with van der Waals surface area (Å²) in [6.07, 6.45) is 0.488. The minimum atomic E-state index is -0.560. The molecule has 1 aliphatic rings. The average Bonchev–Trinajstić information content (AvgIpc) is 2.69. The number of benzene rings is 1. The Labute approximate surface area is 131 Å². The van der Waals surface area contributed by atoms with E-state index in [1.807, 2.05) is 0 Å². The zero-order valence-corrected chi connectivity index (χ0v) is 12.7. The second kappa shape index (κ2) is 6.74. The Morgan fingerprint density at radius 1 is 1.41 bits per heavy atom. The molecule has 1 N–H and O–H groups in total. The molecule has 0 spiro atoms. The van der Waals surface area contributed by atoms with Gasteiger partial charge >= 0.3 is 6.03 Å². The fourth-order valence-electron chi connectivity index (χ4n) is 2.08. The average molecular weight is 328 g/mol. The summed E-state index contributed by atoms with van der Waals surface area (Å²) >= 11 is 5.62. The molecular formula is C14H15ClFN3O3. The number of anilines is 1. The van der Waals surface area contributed by atoms with E-state index >= 15 is 0 Å². The predicted molar refractivity (Wildman–Crippen MR) is 79.0 cm³/mol. The molecule has 6 nitrogen and oxygen atoms in total. The Bertz CT molecular complexity index is 623. The van der Waals surface area contributed by atoms with Crippen LogP contribution in [0.5, 0.6) is 0 Å². The number of amides is 4. The summed E-state index contributed by atoms with van der Waals surface area (Å²) < 4.78 is 13.0. The molecule has 1 heterocycles. The van der Waals surface area contributed by atoms with Crippen molar-refractivity contribution in [3.05, 3.63) is 29.0 Å². The highest BCUT2D eigenvalue weighted by Crippen LogP contribution is 2.19. The van der Waals surface area contributed by atoms with Gasteiger partial charge in [-0.2, -0.15) is 0 Å². The van der Waals surface area contributed by atoms with E-state index in [1.165, 1.54) is 17.0 Å². The van der Waals surface area contributed by atoms with Crippen LogP contribution in [0.4, 0.5) is 14.9 Å². The molecule has 0 atom stereocenters. The van der Waals surface area contributed by atoms with Crippen LogP contribution >= 0.6 is 11.6 Å². The summed E-state index contributed by atoms with van der Waals surface area (Å²) in [4.78, 5) is 37.4. The van der Waals surface area contributed by atoms with Crippen molar-refractivity contribution in [2.75, 3.05) is 25.5 Å². The lowest BCUT2D eigenvalue weighted by Gasteiger charge is -2.13. The Hall–Kier alpha value is -2.15. The molecule has 4 amide bonds. The number of likely N-dealkylation sites (N-methyl/N-ethyl adjacent to an activating group) is 1. The van der Waals surface area contributed by atoms with E-state index in [4.69, 9.17) is 11.6 Å². The van der Waals surface area contributed by atoms with Gasteiger partial charge in [-0.05, 0) is 24.6 Å². The second-order valence-electron chi connectivity index (χ2n) is 4.96. The van der Waals surface area contributed by atoms with Crippen LogP contribution in [0, 0.1) is 5.82 Å². The molecule has 118 valence electrons. The summed E-state index contributed by atoms with van der Waals surface area (Å²) in [6, 6.07) is 3.53. The number of nitrogens with zero attached hydrogens (tertiary/aromatic N) is 2. The molecule has 1 saturated heterocycles. The van der Waals surface area contributed by atoms with Gasteiger partial charge in [0.1, 0.15) is 12.4 Å². The number of imide groups is 1. The summed E-state index contributed by atoms with van der Waals surface area (Å²) in [5.41, 5.74) is 0.393. The van der Waals surface area contributed by atoms with Gasteiger partial charge in [-0.15, -0.1) is 0 Å².